The van der Waals surface area contributed by atoms with E-state index in [0.29, 0.717) is 32.3 Å². The molecule has 0 saturated carbocycles. The van der Waals surface area contributed by atoms with E-state index in [1.807, 2.05) is 0 Å². The molecule has 9 heteroatoms. The Labute approximate surface area is 125 Å². The van der Waals surface area contributed by atoms with Crippen molar-refractivity contribution in [1.82, 2.24) is 0 Å². The third kappa shape index (κ3) is 11.8. The second-order valence-corrected chi connectivity index (χ2v) is 5.76. The van der Waals surface area contributed by atoms with E-state index < -0.39 is 13.9 Å². The maximum absolute atomic E-state index is 11.4. The molecule has 0 aliphatic rings. The maximum Gasteiger partial charge on any atom is 0.472 e. The fourth-order valence-electron chi connectivity index (χ4n) is 1.30. The van der Waals surface area contributed by atoms with Gasteiger partial charge in [-0.15, -0.1) is 0 Å². The van der Waals surface area contributed by atoms with Crippen LogP contribution in [0.2, 0.25) is 0 Å². The largest absolute Gasteiger partial charge is 0.472 e. The van der Waals surface area contributed by atoms with E-state index in [1.165, 1.54) is 7.11 Å². The van der Waals surface area contributed by atoms with Crippen LogP contribution in [0.25, 0.3) is 0 Å². The predicted molar refractivity (Wildman–Crippen MR) is 74.7 cm³/mol. The van der Waals surface area contributed by atoms with Gasteiger partial charge in [-0.3, -0.25) is 13.8 Å². The second kappa shape index (κ2) is 12.1. The standard InChI is InChI=1S/C12H25O8P/c1-3-7-19-21(15,16)20-10-11(9-13)18-8-5-4-6-12(14)17-2/h11,13H,3-10H2,1-2H3,(H,15,16). The molecule has 0 bridgehead atoms. The van der Waals surface area contributed by atoms with Crippen LogP contribution in [0.15, 0.2) is 0 Å². The van der Waals surface area contributed by atoms with Crippen LogP contribution in [-0.2, 0) is 27.9 Å². The molecule has 0 radical (unpaired) electrons. The third-order valence-electron chi connectivity index (χ3n) is 2.44. The molecule has 0 aliphatic heterocycles. The quantitative estimate of drug-likeness (QED) is 0.295. The van der Waals surface area contributed by atoms with Gasteiger partial charge in [-0.25, -0.2) is 4.57 Å². The van der Waals surface area contributed by atoms with Gasteiger partial charge in [0, 0.05) is 13.0 Å². The van der Waals surface area contributed by atoms with Gasteiger partial charge in [0.1, 0.15) is 6.10 Å². The number of unbranched alkanes of at least 4 members (excludes halogenated alkanes) is 1. The van der Waals surface area contributed by atoms with Gasteiger partial charge in [0.2, 0.25) is 0 Å². The number of aliphatic hydroxyl groups excluding tert-OH is 1. The van der Waals surface area contributed by atoms with Gasteiger partial charge in [0.25, 0.3) is 0 Å². The second-order valence-electron chi connectivity index (χ2n) is 4.31. The van der Waals surface area contributed by atoms with E-state index in [2.05, 4.69) is 9.26 Å². The number of ether oxygens (including phenoxy) is 2. The monoisotopic (exact) mass is 328 g/mol. The van der Waals surface area contributed by atoms with Crippen molar-refractivity contribution in [2.75, 3.05) is 33.5 Å². The highest BCUT2D eigenvalue weighted by atomic mass is 31.2. The summed E-state index contributed by atoms with van der Waals surface area (Å²) in [4.78, 5) is 20.2. The third-order valence-corrected chi connectivity index (χ3v) is 3.43. The summed E-state index contributed by atoms with van der Waals surface area (Å²) in [6.07, 6.45) is 1.39. The summed E-state index contributed by atoms with van der Waals surface area (Å²) < 4.78 is 30.6. The Morgan fingerprint density at radius 1 is 1.24 bits per heavy atom. The Hall–Kier alpha value is -0.500. The van der Waals surface area contributed by atoms with Gasteiger partial charge >= 0.3 is 13.8 Å². The fourth-order valence-corrected chi connectivity index (χ4v) is 2.14. The van der Waals surface area contributed by atoms with Crippen LogP contribution in [0.4, 0.5) is 0 Å². The van der Waals surface area contributed by atoms with Gasteiger partial charge < -0.3 is 19.5 Å². The molecule has 0 aromatic rings. The van der Waals surface area contributed by atoms with E-state index in [9.17, 15) is 14.3 Å². The minimum atomic E-state index is -4.09. The average molecular weight is 328 g/mol. The van der Waals surface area contributed by atoms with Gasteiger partial charge in [0.05, 0.1) is 26.9 Å². The summed E-state index contributed by atoms with van der Waals surface area (Å²) in [5, 5.41) is 9.09. The minimum absolute atomic E-state index is 0.117. The lowest BCUT2D eigenvalue weighted by Crippen LogP contribution is -2.24. The Morgan fingerprint density at radius 2 is 1.95 bits per heavy atom. The number of methoxy groups -OCH3 is 1. The molecule has 0 rings (SSSR count). The van der Waals surface area contributed by atoms with E-state index in [0.717, 1.165) is 0 Å². The summed E-state index contributed by atoms with van der Waals surface area (Å²) >= 11 is 0. The first kappa shape index (κ1) is 20.5. The van der Waals surface area contributed by atoms with Crippen LogP contribution in [0.3, 0.4) is 0 Å². The normalized spacial score (nSPS) is 15.4. The molecular weight excluding hydrogens is 303 g/mol. The van der Waals surface area contributed by atoms with E-state index in [1.54, 1.807) is 6.92 Å². The van der Waals surface area contributed by atoms with Crippen molar-refractivity contribution in [3.05, 3.63) is 0 Å². The van der Waals surface area contributed by atoms with Crippen molar-refractivity contribution in [2.45, 2.75) is 38.7 Å². The van der Waals surface area contributed by atoms with Crippen LogP contribution in [0.5, 0.6) is 0 Å². The van der Waals surface area contributed by atoms with Gasteiger partial charge in [-0.1, -0.05) is 6.92 Å². The van der Waals surface area contributed by atoms with Crippen molar-refractivity contribution in [3.8, 4) is 0 Å². The molecule has 0 heterocycles. The highest BCUT2D eigenvalue weighted by Crippen LogP contribution is 2.43. The predicted octanol–water partition coefficient (Wildman–Crippen LogP) is 1.25. The smallest absolute Gasteiger partial charge is 0.469 e. The van der Waals surface area contributed by atoms with Crippen LogP contribution >= 0.6 is 7.82 Å². The molecule has 0 saturated heterocycles. The van der Waals surface area contributed by atoms with Gasteiger partial charge in [-0.2, -0.15) is 0 Å². The molecule has 2 atom stereocenters. The molecular formula is C12H25O8P. The van der Waals surface area contributed by atoms with Crippen molar-refractivity contribution in [1.29, 1.82) is 0 Å². The fraction of sp³-hybridized carbons (Fsp3) is 0.917. The molecule has 0 aromatic heterocycles. The van der Waals surface area contributed by atoms with Crippen LogP contribution in [0.1, 0.15) is 32.6 Å². The summed E-state index contributed by atoms with van der Waals surface area (Å²) in [7, 11) is -2.77. The first-order valence-corrected chi connectivity index (χ1v) is 8.35. The maximum atomic E-state index is 11.4. The first-order chi connectivity index (χ1) is 9.95. The molecule has 21 heavy (non-hydrogen) atoms. The Bertz CT molecular complexity index is 322. The number of esters is 1. The molecule has 2 N–H and O–H groups in total. The highest BCUT2D eigenvalue weighted by Gasteiger charge is 2.22. The lowest BCUT2D eigenvalue weighted by molar-refractivity contribution is -0.140. The number of aliphatic hydroxyl groups is 1. The van der Waals surface area contributed by atoms with Crippen LogP contribution in [0, 0.1) is 0 Å². The number of rotatable bonds is 13. The molecule has 0 fully saturated rings. The van der Waals surface area contributed by atoms with Crippen molar-refractivity contribution in [2.24, 2.45) is 0 Å². The van der Waals surface area contributed by atoms with Gasteiger partial charge in [-0.05, 0) is 19.3 Å². The van der Waals surface area contributed by atoms with Crippen LogP contribution < -0.4 is 0 Å². The number of hydrogen-bond donors (Lipinski definition) is 2. The molecule has 8 nitrogen and oxygen atoms in total. The zero-order valence-corrected chi connectivity index (χ0v) is 13.4. The zero-order chi connectivity index (χ0) is 16.1. The molecule has 0 aromatic carbocycles. The van der Waals surface area contributed by atoms with E-state index >= 15 is 0 Å². The number of phosphoric ester groups is 1. The lowest BCUT2D eigenvalue weighted by atomic mass is 10.2. The molecule has 0 amide bonds. The number of phosphoric acid groups is 1. The van der Waals surface area contributed by atoms with Crippen molar-refractivity contribution in [3.63, 3.8) is 0 Å². The number of carbonyl (C=O) groups is 1. The molecule has 2 unspecified atom stereocenters. The average Bonchev–Trinajstić information content (AvgIpc) is 2.47. The van der Waals surface area contributed by atoms with Gasteiger partial charge in [0.15, 0.2) is 0 Å². The van der Waals surface area contributed by atoms with Crippen molar-refractivity contribution >= 4 is 13.8 Å². The lowest BCUT2D eigenvalue weighted by Gasteiger charge is -2.17. The molecule has 0 aliphatic carbocycles. The Kier molecular flexibility index (Phi) is 11.8. The first-order valence-electron chi connectivity index (χ1n) is 6.86. The minimum Gasteiger partial charge on any atom is -0.469 e. The topological polar surface area (TPSA) is 112 Å². The highest BCUT2D eigenvalue weighted by molar-refractivity contribution is 7.47. The zero-order valence-electron chi connectivity index (χ0n) is 12.5. The SMILES string of the molecule is CCCOP(=O)(O)OCC(CO)OCCCCC(=O)OC. The summed E-state index contributed by atoms with van der Waals surface area (Å²) in [6, 6.07) is 0. The van der Waals surface area contributed by atoms with Crippen molar-refractivity contribution < 1.29 is 37.9 Å². The Morgan fingerprint density at radius 3 is 2.52 bits per heavy atom. The van der Waals surface area contributed by atoms with E-state index in [-0.39, 0.29) is 25.8 Å². The summed E-state index contributed by atoms with van der Waals surface area (Å²) in [6.45, 7) is 1.63. The summed E-state index contributed by atoms with van der Waals surface area (Å²) in [5.74, 6) is -0.286. The summed E-state index contributed by atoms with van der Waals surface area (Å²) in [5.41, 5.74) is 0. The number of hydrogen-bond acceptors (Lipinski definition) is 7. The number of carbonyl (C=O) groups excluding carboxylic acids is 1. The van der Waals surface area contributed by atoms with Crippen LogP contribution in [-0.4, -0.2) is 55.6 Å². The molecule has 0 spiro atoms. The van der Waals surface area contributed by atoms with E-state index in [4.69, 9.17) is 14.4 Å². The Balaban J connectivity index is 3.80. The molecule has 126 valence electrons.